The second-order valence-electron chi connectivity index (χ2n) is 3.55. The fourth-order valence-electron chi connectivity index (χ4n) is 1.41. The summed E-state index contributed by atoms with van der Waals surface area (Å²) in [7, 11) is 0. The molecule has 0 atom stereocenters. The highest BCUT2D eigenvalue weighted by Crippen LogP contribution is 2.04. The average molecular weight is 246 g/mol. The summed E-state index contributed by atoms with van der Waals surface area (Å²) in [6.07, 6.45) is 5.48. The predicted octanol–water partition coefficient (Wildman–Crippen LogP) is 1.87. The summed E-state index contributed by atoms with van der Waals surface area (Å²) in [6, 6.07) is 9.86. The van der Waals surface area contributed by atoms with Crippen LogP contribution in [0.5, 0.6) is 0 Å². The summed E-state index contributed by atoms with van der Waals surface area (Å²) in [6.45, 7) is 1.62. The van der Waals surface area contributed by atoms with E-state index >= 15 is 0 Å². The first-order valence-electron chi connectivity index (χ1n) is 5.40. The molecule has 0 saturated carbocycles. The van der Waals surface area contributed by atoms with Gasteiger partial charge in [0.2, 0.25) is 0 Å². The van der Waals surface area contributed by atoms with Gasteiger partial charge in [0.15, 0.2) is 5.11 Å². The van der Waals surface area contributed by atoms with Crippen LogP contribution in [-0.2, 0) is 6.54 Å². The van der Waals surface area contributed by atoms with E-state index in [4.69, 9.17) is 12.2 Å². The Kier molecular flexibility index (Phi) is 4.10. The largest absolute Gasteiger partial charge is 0.361 e. The Labute approximate surface area is 106 Å². The molecule has 0 aliphatic heterocycles. The zero-order chi connectivity index (χ0) is 11.9. The van der Waals surface area contributed by atoms with Gasteiger partial charge in [-0.05, 0) is 24.4 Å². The van der Waals surface area contributed by atoms with Gasteiger partial charge in [-0.3, -0.25) is 0 Å². The molecule has 0 saturated heterocycles. The van der Waals surface area contributed by atoms with Crippen LogP contribution < -0.4 is 10.6 Å². The first-order chi connectivity index (χ1) is 8.34. The fourth-order valence-corrected chi connectivity index (χ4v) is 1.63. The number of rotatable bonds is 4. The van der Waals surface area contributed by atoms with Gasteiger partial charge in [0.25, 0.3) is 0 Å². The van der Waals surface area contributed by atoms with Gasteiger partial charge in [0, 0.05) is 31.2 Å². The van der Waals surface area contributed by atoms with E-state index in [9.17, 15) is 0 Å². The molecule has 2 aromatic rings. The molecule has 0 aliphatic rings. The van der Waals surface area contributed by atoms with Crippen molar-refractivity contribution in [1.29, 1.82) is 0 Å². The molecule has 5 heteroatoms. The number of hydrogen-bond acceptors (Lipinski definition) is 2. The van der Waals surface area contributed by atoms with Crippen molar-refractivity contribution in [1.82, 2.24) is 14.9 Å². The molecule has 0 unspecified atom stereocenters. The number of hydrogen-bond donors (Lipinski definition) is 2. The Morgan fingerprint density at radius 2 is 2.12 bits per heavy atom. The van der Waals surface area contributed by atoms with Crippen molar-refractivity contribution >= 4 is 23.0 Å². The summed E-state index contributed by atoms with van der Waals surface area (Å²) in [4.78, 5) is 3.97. The van der Waals surface area contributed by atoms with E-state index < -0.39 is 0 Å². The Morgan fingerprint density at radius 3 is 2.82 bits per heavy atom. The van der Waals surface area contributed by atoms with Crippen molar-refractivity contribution in [3.63, 3.8) is 0 Å². The second-order valence-corrected chi connectivity index (χ2v) is 3.96. The van der Waals surface area contributed by atoms with Crippen LogP contribution in [0.25, 0.3) is 0 Å². The monoisotopic (exact) mass is 246 g/mol. The third-order valence-electron chi connectivity index (χ3n) is 2.25. The number of nitrogens with zero attached hydrogens (tertiary/aromatic N) is 2. The Bertz CT molecular complexity index is 453. The van der Waals surface area contributed by atoms with Crippen LogP contribution in [0.3, 0.4) is 0 Å². The molecule has 1 aromatic carbocycles. The number of nitrogens with one attached hydrogen (secondary N) is 2. The predicted molar refractivity (Wildman–Crippen MR) is 72.9 cm³/mol. The van der Waals surface area contributed by atoms with Crippen LogP contribution in [0.2, 0.25) is 0 Å². The zero-order valence-electron chi connectivity index (χ0n) is 9.34. The fraction of sp³-hybridized carbons (Fsp3) is 0.167. The van der Waals surface area contributed by atoms with Crippen LogP contribution in [0.1, 0.15) is 0 Å². The van der Waals surface area contributed by atoms with Crippen molar-refractivity contribution in [2.75, 3.05) is 11.9 Å². The molecular formula is C12H14N4S. The SMILES string of the molecule is S=C(NCCn1ccnc1)Nc1ccccc1. The first-order valence-corrected chi connectivity index (χ1v) is 5.81. The minimum absolute atomic E-state index is 0.635. The van der Waals surface area contributed by atoms with Crippen LogP contribution in [0, 0.1) is 0 Å². The number of thiocarbonyl (C=S) groups is 1. The molecule has 1 heterocycles. The number of benzene rings is 1. The summed E-state index contributed by atoms with van der Waals surface area (Å²) in [5.74, 6) is 0. The molecule has 4 nitrogen and oxygen atoms in total. The van der Waals surface area contributed by atoms with Crippen molar-refractivity contribution in [3.8, 4) is 0 Å². The smallest absolute Gasteiger partial charge is 0.170 e. The quantitative estimate of drug-likeness (QED) is 0.808. The minimum atomic E-state index is 0.635. The summed E-state index contributed by atoms with van der Waals surface area (Å²) >= 11 is 5.18. The lowest BCUT2D eigenvalue weighted by atomic mass is 10.3. The molecule has 2 N–H and O–H groups in total. The van der Waals surface area contributed by atoms with Crippen LogP contribution in [-0.4, -0.2) is 21.2 Å². The van der Waals surface area contributed by atoms with Gasteiger partial charge in [-0.25, -0.2) is 4.98 Å². The first kappa shape index (κ1) is 11.6. The van der Waals surface area contributed by atoms with Crippen molar-refractivity contribution < 1.29 is 0 Å². The molecule has 1 aromatic heterocycles. The Hall–Kier alpha value is -1.88. The lowest BCUT2D eigenvalue weighted by molar-refractivity contribution is 0.675. The second kappa shape index (κ2) is 6.00. The minimum Gasteiger partial charge on any atom is -0.361 e. The number of anilines is 1. The molecule has 0 aliphatic carbocycles. The molecule has 0 spiro atoms. The maximum atomic E-state index is 5.18. The Balaban J connectivity index is 1.71. The van der Waals surface area contributed by atoms with Crippen molar-refractivity contribution in [3.05, 3.63) is 49.1 Å². The van der Waals surface area contributed by atoms with Crippen LogP contribution >= 0.6 is 12.2 Å². The molecular weight excluding hydrogens is 232 g/mol. The van der Waals surface area contributed by atoms with Gasteiger partial charge in [0.05, 0.1) is 6.33 Å². The van der Waals surface area contributed by atoms with E-state index in [1.807, 2.05) is 41.1 Å². The number of aromatic nitrogens is 2. The van der Waals surface area contributed by atoms with E-state index in [2.05, 4.69) is 15.6 Å². The van der Waals surface area contributed by atoms with Crippen molar-refractivity contribution in [2.24, 2.45) is 0 Å². The summed E-state index contributed by atoms with van der Waals surface area (Å²) < 4.78 is 2.00. The Morgan fingerprint density at radius 1 is 1.29 bits per heavy atom. The standard InChI is InChI=1S/C12H14N4S/c17-12(15-11-4-2-1-3-5-11)14-7-9-16-8-6-13-10-16/h1-6,8,10H,7,9H2,(H2,14,15,17). The topological polar surface area (TPSA) is 41.9 Å². The van der Waals surface area contributed by atoms with Gasteiger partial charge in [0.1, 0.15) is 0 Å². The molecule has 17 heavy (non-hydrogen) atoms. The van der Waals surface area contributed by atoms with Gasteiger partial charge in [-0.15, -0.1) is 0 Å². The van der Waals surface area contributed by atoms with E-state index in [-0.39, 0.29) is 0 Å². The maximum Gasteiger partial charge on any atom is 0.170 e. The highest BCUT2D eigenvalue weighted by Gasteiger charge is 1.96. The lowest BCUT2D eigenvalue weighted by Gasteiger charge is -2.10. The summed E-state index contributed by atoms with van der Waals surface area (Å²) in [5, 5.41) is 6.89. The van der Waals surface area contributed by atoms with Crippen LogP contribution in [0.15, 0.2) is 49.1 Å². The summed E-state index contributed by atoms with van der Waals surface area (Å²) in [5.41, 5.74) is 0.993. The average Bonchev–Trinajstić information content (AvgIpc) is 2.83. The molecule has 0 bridgehead atoms. The third-order valence-corrected chi connectivity index (χ3v) is 2.49. The normalized spacial score (nSPS) is 9.88. The number of para-hydroxylation sites is 1. The maximum absolute atomic E-state index is 5.18. The van der Waals surface area contributed by atoms with Gasteiger partial charge < -0.3 is 15.2 Å². The number of imidazole rings is 1. The van der Waals surface area contributed by atoms with Gasteiger partial charge in [-0.1, -0.05) is 18.2 Å². The highest BCUT2D eigenvalue weighted by molar-refractivity contribution is 7.80. The van der Waals surface area contributed by atoms with E-state index in [0.717, 1.165) is 18.8 Å². The molecule has 0 radical (unpaired) electrons. The van der Waals surface area contributed by atoms with E-state index in [0.29, 0.717) is 5.11 Å². The van der Waals surface area contributed by atoms with Gasteiger partial charge >= 0.3 is 0 Å². The molecule has 0 amide bonds. The third kappa shape index (κ3) is 3.88. The highest BCUT2D eigenvalue weighted by atomic mass is 32.1. The van der Waals surface area contributed by atoms with Crippen LogP contribution in [0.4, 0.5) is 5.69 Å². The molecule has 0 fully saturated rings. The molecule has 88 valence electrons. The van der Waals surface area contributed by atoms with Crippen molar-refractivity contribution in [2.45, 2.75) is 6.54 Å². The van der Waals surface area contributed by atoms with E-state index in [1.165, 1.54) is 0 Å². The van der Waals surface area contributed by atoms with E-state index in [1.54, 1.807) is 12.5 Å². The van der Waals surface area contributed by atoms with Gasteiger partial charge in [-0.2, -0.15) is 0 Å². The molecule has 2 rings (SSSR count). The lowest BCUT2D eigenvalue weighted by Crippen LogP contribution is -2.31. The zero-order valence-corrected chi connectivity index (χ0v) is 10.2.